The number of nitrogens with one attached hydrogen (secondary N) is 1. The van der Waals surface area contributed by atoms with Gasteiger partial charge >= 0.3 is 5.76 Å². The second-order valence-electron chi connectivity index (χ2n) is 6.43. The van der Waals surface area contributed by atoms with Crippen LogP contribution in [0.1, 0.15) is 18.5 Å². The maximum atomic E-state index is 13.0. The number of piperidine rings is 1. The zero-order valence-corrected chi connectivity index (χ0v) is 15.4. The van der Waals surface area contributed by atoms with Crippen molar-refractivity contribution >= 4 is 21.1 Å². The first-order chi connectivity index (χ1) is 12.9. The van der Waals surface area contributed by atoms with Crippen molar-refractivity contribution in [3.8, 4) is 5.88 Å². The van der Waals surface area contributed by atoms with Gasteiger partial charge in [0, 0.05) is 12.6 Å². The molecule has 2 aromatic heterocycles. The minimum Gasteiger partial charge on any atom is -0.472 e. The van der Waals surface area contributed by atoms with Crippen molar-refractivity contribution in [3.63, 3.8) is 0 Å². The Balaban J connectivity index is 1.55. The van der Waals surface area contributed by atoms with E-state index >= 15 is 0 Å². The maximum absolute atomic E-state index is 13.0. The van der Waals surface area contributed by atoms with E-state index in [0.29, 0.717) is 29.9 Å². The normalized spacial score (nSPS) is 18.6. The maximum Gasteiger partial charge on any atom is 0.417 e. The van der Waals surface area contributed by atoms with Crippen molar-refractivity contribution in [2.24, 2.45) is 0 Å². The molecule has 0 spiro atoms. The molecule has 3 heterocycles. The third-order valence-corrected chi connectivity index (χ3v) is 6.29. The highest BCUT2D eigenvalue weighted by atomic mass is 32.2. The molecule has 1 N–H and O–H groups in total. The SMILES string of the molecule is Cc1ccc(O[C@H]2CCCN(S(=O)(=O)c3ccc4oc(=O)[nH]c4c3)C2)nn1. The Morgan fingerprint density at radius 3 is 2.89 bits per heavy atom. The Morgan fingerprint density at radius 1 is 1.26 bits per heavy atom. The first-order valence-corrected chi connectivity index (χ1v) is 9.96. The number of benzene rings is 1. The van der Waals surface area contributed by atoms with Crippen molar-refractivity contribution in [2.75, 3.05) is 13.1 Å². The predicted molar refractivity (Wildman–Crippen MR) is 96.0 cm³/mol. The first-order valence-electron chi connectivity index (χ1n) is 8.52. The molecule has 0 aliphatic carbocycles. The van der Waals surface area contributed by atoms with E-state index < -0.39 is 15.8 Å². The van der Waals surface area contributed by atoms with E-state index in [1.165, 1.54) is 22.5 Å². The summed E-state index contributed by atoms with van der Waals surface area (Å²) in [6, 6.07) is 7.83. The Kier molecular flexibility index (Phi) is 4.44. The lowest BCUT2D eigenvalue weighted by Gasteiger charge is -2.31. The zero-order chi connectivity index (χ0) is 19.0. The lowest BCUT2D eigenvalue weighted by atomic mass is 10.1. The number of nitrogens with zero attached hydrogens (tertiary/aromatic N) is 3. The molecule has 0 unspecified atom stereocenters. The summed E-state index contributed by atoms with van der Waals surface area (Å²) < 4.78 is 38.1. The van der Waals surface area contributed by atoms with Crippen LogP contribution < -0.4 is 10.5 Å². The number of hydrogen-bond donors (Lipinski definition) is 1. The van der Waals surface area contributed by atoms with E-state index in [0.717, 1.165) is 12.1 Å². The fourth-order valence-electron chi connectivity index (χ4n) is 3.08. The highest BCUT2D eigenvalue weighted by Gasteiger charge is 2.31. The molecule has 0 radical (unpaired) electrons. The number of hydrogen-bond acceptors (Lipinski definition) is 7. The molecule has 3 aromatic rings. The van der Waals surface area contributed by atoms with E-state index in [2.05, 4.69) is 15.2 Å². The third kappa shape index (κ3) is 3.58. The van der Waals surface area contributed by atoms with Crippen LogP contribution in [0.5, 0.6) is 5.88 Å². The number of ether oxygens (including phenoxy) is 1. The smallest absolute Gasteiger partial charge is 0.417 e. The quantitative estimate of drug-likeness (QED) is 0.716. The molecule has 1 aromatic carbocycles. The molecule has 4 rings (SSSR count). The molecule has 1 fully saturated rings. The number of fused-ring (bicyclic) bond motifs is 1. The standard InChI is InChI=1S/C17H18N4O5S/c1-11-4-7-16(20-19-11)25-12-3-2-8-21(10-12)27(23,24)13-5-6-15-14(9-13)18-17(22)26-15/h4-7,9,12H,2-3,8,10H2,1H3,(H,18,22)/t12-/m0/s1. The molecule has 1 aliphatic rings. The molecule has 1 aliphatic heterocycles. The van der Waals surface area contributed by atoms with E-state index in [1.807, 2.05) is 6.92 Å². The number of aromatic amines is 1. The van der Waals surface area contributed by atoms with Gasteiger partial charge in [-0.1, -0.05) is 0 Å². The molecule has 142 valence electrons. The van der Waals surface area contributed by atoms with Crippen LogP contribution in [0.25, 0.3) is 11.1 Å². The summed E-state index contributed by atoms with van der Waals surface area (Å²) in [5.74, 6) is -0.243. The van der Waals surface area contributed by atoms with Gasteiger partial charge in [-0.2, -0.15) is 9.40 Å². The Hall–Kier alpha value is -2.72. The largest absolute Gasteiger partial charge is 0.472 e. The highest BCUT2D eigenvalue weighted by Crippen LogP contribution is 2.24. The molecular formula is C17H18N4O5S. The van der Waals surface area contributed by atoms with Gasteiger partial charge in [-0.3, -0.25) is 4.98 Å². The van der Waals surface area contributed by atoms with Gasteiger partial charge in [-0.25, -0.2) is 13.2 Å². The van der Waals surface area contributed by atoms with Gasteiger partial charge in [-0.15, -0.1) is 5.10 Å². The van der Waals surface area contributed by atoms with Gasteiger partial charge < -0.3 is 9.15 Å². The van der Waals surface area contributed by atoms with E-state index in [4.69, 9.17) is 9.15 Å². The zero-order valence-electron chi connectivity index (χ0n) is 14.6. The van der Waals surface area contributed by atoms with Crippen molar-refractivity contribution in [1.29, 1.82) is 0 Å². The van der Waals surface area contributed by atoms with Gasteiger partial charge in [0.05, 0.1) is 22.7 Å². The number of aromatic nitrogens is 3. The van der Waals surface area contributed by atoms with Crippen molar-refractivity contribution in [3.05, 3.63) is 46.6 Å². The Labute approximate surface area is 155 Å². The summed E-state index contributed by atoms with van der Waals surface area (Å²) >= 11 is 0. The van der Waals surface area contributed by atoms with Crippen LogP contribution in [-0.2, 0) is 10.0 Å². The molecular weight excluding hydrogens is 372 g/mol. The van der Waals surface area contributed by atoms with Crippen LogP contribution in [-0.4, -0.2) is 47.1 Å². The van der Waals surface area contributed by atoms with E-state index in [1.54, 1.807) is 12.1 Å². The van der Waals surface area contributed by atoms with Gasteiger partial charge in [-0.05, 0) is 44.0 Å². The lowest BCUT2D eigenvalue weighted by molar-refractivity contribution is 0.123. The molecule has 0 amide bonds. The number of rotatable bonds is 4. The van der Waals surface area contributed by atoms with E-state index in [9.17, 15) is 13.2 Å². The van der Waals surface area contributed by atoms with Crippen LogP contribution in [0.3, 0.4) is 0 Å². The summed E-state index contributed by atoms with van der Waals surface area (Å²) in [7, 11) is -3.72. The summed E-state index contributed by atoms with van der Waals surface area (Å²) in [5, 5.41) is 7.92. The molecule has 1 atom stereocenters. The number of oxazole rings is 1. The summed E-state index contributed by atoms with van der Waals surface area (Å²) in [6.45, 7) is 2.45. The first kappa shape index (κ1) is 17.7. The van der Waals surface area contributed by atoms with Crippen LogP contribution in [0.4, 0.5) is 0 Å². The van der Waals surface area contributed by atoms with Gasteiger partial charge in [0.25, 0.3) is 0 Å². The average Bonchev–Trinajstić information content (AvgIpc) is 3.03. The number of aryl methyl sites for hydroxylation is 1. The Morgan fingerprint density at radius 2 is 2.11 bits per heavy atom. The number of sulfonamides is 1. The molecule has 0 bridgehead atoms. The van der Waals surface area contributed by atoms with Crippen LogP contribution in [0, 0.1) is 6.92 Å². The van der Waals surface area contributed by atoms with E-state index in [-0.39, 0.29) is 17.5 Å². The Bertz CT molecular complexity index is 1120. The minimum absolute atomic E-state index is 0.0998. The second kappa shape index (κ2) is 6.78. The molecule has 9 nitrogen and oxygen atoms in total. The average molecular weight is 390 g/mol. The second-order valence-corrected chi connectivity index (χ2v) is 8.37. The van der Waals surface area contributed by atoms with Crippen molar-refractivity contribution < 1.29 is 17.6 Å². The molecule has 10 heteroatoms. The fraction of sp³-hybridized carbons (Fsp3) is 0.353. The van der Waals surface area contributed by atoms with Crippen LogP contribution in [0.2, 0.25) is 0 Å². The van der Waals surface area contributed by atoms with Gasteiger partial charge in [0.2, 0.25) is 15.9 Å². The van der Waals surface area contributed by atoms with Gasteiger partial charge in [0.1, 0.15) is 6.10 Å². The van der Waals surface area contributed by atoms with Gasteiger partial charge in [0.15, 0.2) is 5.58 Å². The lowest BCUT2D eigenvalue weighted by Crippen LogP contribution is -2.44. The summed E-state index contributed by atoms with van der Waals surface area (Å²) in [5.41, 5.74) is 1.44. The summed E-state index contributed by atoms with van der Waals surface area (Å²) in [6.07, 6.45) is 1.10. The molecule has 1 saturated heterocycles. The topological polar surface area (TPSA) is 118 Å². The highest BCUT2D eigenvalue weighted by molar-refractivity contribution is 7.89. The summed E-state index contributed by atoms with van der Waals surface area (Å²) in [4.78, 5) is 13.9. The van der Waals surface area contributed by atoms with Crippen molar-refractivity contribution in [1.82, 2.24) is 19.5 Å². The van der Waals surface area contributed by atoms with Crippen LogP contribution in [0.15, 0.2) is 44.4 Å². The fourth-order valence-corrected chi connectivity index (χ4v) is 4.62. The minimum atomic E-state index is -3.72. The van der Waals surface area contributed by atoms with Crippen molar-refractivity contribution in [2.45, 2.75) is 30.8 Å². The van der Waals surface area contributed by atoms with Crippen LogP contribution >= 0.6 is 0 Å². The molecule has 0 saturated carbocycles. The number of H-pyrrole nitrogens is 1. The third-order valence-electron chi connectivity index (χ3n) is 4.43. The predicted octanol–water partition coefficient (Wildman–Crippen LogP) is 1.45. The molecule has 27 heavy (non-hydrogen) atoms. The monoisotopic (exact) mass is 390 g/mol.